The normalized spacial score (nSPS) is 14.9. The van der Waals surface area contributed by atoms with Crippen LogP contribution in [0, 0.1) is 0 Å². The van der Waals surface area contributed by atoms with E-state index in [2.05, 4.69) is 11.4 Å². The standard InChI is InChI=1S/C11H14N2O/c12-11(14)6-9-3-1-2-8-4-5-13-7-10(8)9/h1-3,13H,4-7H2,(H2,12,14). The van der Waals surface area contributed by atoms with E-state index >= 15 is 0 Å². The number of nitrogens with two attached hydrogens (primary N) is 1. The van der Waals surface area contributed by atoms with Gasteiger partial charge in [0, 0.05) is 6.54 Å². The van der Waals surface area contributed by atoms with Gasteiger partial charge in [0.2, 0.25) is 5.91 Å². The van der Waals surface area contributed by atoms with Gasteiger partial charge in [-0.15, -0.1) is 0 Å². The average Bonchev–Trinajstić information content (AvgIpc) is 2.18. The second-order valence-corrected chi connectivity index (χ2v) is 3.62. The smallest absolute Gasteiger partial charge is 0.221 e. The average molecular weight is 190 g/mol. The number of carbonyl (C=O) groups excluding carboxylic acids is 1. The highest BCUT2D eigenvalue weighted by Gasteiger charge is 2.12. The monoisotopic (exact) mass is 190 g/mol. The summed E-state index contributed by atoms with van der Waals surface area (Å²) in [5, 5.41) is 3.30. The molecule has 2 rings (SSSR count). The van der Waals surface area contributed by atoms with Crippen molar-refractivity contribution in [1.29, 1.82) is 0 Å². The number of hydrogen-bond donors (Lipinski definition) is 2. The molecule has 0 aliphatic carbocycles. The first-order valence-corrected chi connectivity index (χ1v) is 4.86. The summed E-state index contributed by atoms with van der Waals surface area (Å²) in [5.41, 5.74) is 8.88. The van der Waals surface area contributed by atoms with Gasteiger partial charge in [0.05, 0.1) is 6.42 Å². The zero-order chi connectivity index (χ0) is 9.97. The summed E-state index contributed by atoms with van der Waals surface area (Å²) in [7, 11) is 0. The Morgan fingerprint density at radius 3 is 3.14 bits per heavy atom. The van der Waals surface area contributed by atoms with Crippen molar-refractivity contribution in [2.45, 2.75) is 19.4 Å². The molecule has 0 radical (unpaired) electrons. The van der Waals surface area contributed by atoms with E-state index in [1.165, 1.54) is 11.1 Å². The van der Waals surface area contributed by atoms with Crippen LogP contribution >= 0.6 is 0 Å². The molecule has 1 aromatic rings. The zero-order valence-corrected chi connectivity index (χ0v) is 8.05. The lowest BCUT2D eigenvalue weighted by molar-refractivity contribution is -0.117. The first-order chi connectivity index (χ1) is 6.77. The Labute approximate surface area is 83.3 Å². The van der Waals surface area contributed by atoms with Gasteiger partial charge in [0.15, 0.2) is 0 Å². The molecular weight excluding hydrogens is 176 g/mol. The maximum atomic E-state index is 10.9. The SMILES string of the molecule is NC(=O)Cc1cccc2c1CNCC2. The van der Waals surface area contributed by atoms with Gasteiger partial charge >= 0.3 is 0 Å². The van der Waals surface area contributed by atoms with Crippen LogP contribution in [0.1, 0.15) is 16.7 Å². The van der Waals surface area contributed by atoms with E-state index in [-0.39, 0.29) is 5.91 Å². The van der Waals surface area contributed by atoms with Gasteiger partial charge in [-0.2, -0.15) is 0 Å². The van der Waals surface area contributed by atoms with E-state index in [4.69, 9.17) is 5.73 Å². The number of rotatable bonds is 2. The van der Waals surface area contributed by atoms with Crippen LogP contribution in [0.25, 0.3) is 0 Å². The summed E-state index contributed by atoms with van der Waals surface area (Å²) in [6.45, 7) is 1.88. The summed E-state index contributed by atoms with van der Waals surface area (Å²) in [6.07, 6.45) is 1.40. The van der Waals surface area contributed by atoms with Gasteiger partial charge in [-0.05, 0) is 29.7 Å². The fraction of sp³-hybridized carbons (Fsp3) is 0.364. The second kappa shape index (κ2) is 3.80. The molecule has 1 amide bonds. The van der Waals surface area contributed by atoms with Gasteiger partial charge in [0.1, 0.15) is 0 Å². The molecule has 0 atom stereocenters. The highest BCUT2D eigenvalue weighted by molar-refractivity contribution is 5.77. The van der Waals surface area contributed by atoms with Gasteiger partial charge in [-0.3, -0.25) is 4.79 Å². The van der Waals surface area contributed by atoms with Crippen LogP contribution in [0.2, 0.25) is 0 Å². The Morgan fingerprint density at radius 1 is 1.50 bits per heavy atom. The quantitative estimate of drug-likeness (QED) is 0.707. The zero-order valence-electron chi connectivity index (χ0n) is 8.05. The van der Waals surface area contributed by atoms with E-state index in [1.54, 1.807) is 0 Å². The third-order valence-electron chi connectivity index (χ3n) is 2.61. The molecule has 74 valence electrons. The molecule has 1 aromatic carbocycles. The molecule has 0 spiro atoms. The number of fused-ring (bicyclic) bond motifs is 1. The topological polar surface area (TPSA) is 55.1 Å². The van der Waals surface area contributed by atoms with E-state index in [1.807, 2.05) is 12.1 Å². The first-order valence-electron chi connectivity index (χ1n) is 4.86. The van der Waals surface area contributed by atoms with Crippen molar-refractivity contribution in [2.75, 3.05) is 6.54 Å². The van der Waals surface area contributed by atoms with E-state index < -0.39 is 0 Å². The van der Waals surface area contributed by atoms with Crippen LogP contribution in [0.3, 0.4) is 0 Å². The molecule has 14 heavy (non-hydrogen) atoms. The molecule has 3 N–H and O–H groups in total. The Balaban J connectivity index is 2.35. The van der Waals surface area contributed by atoms with Gasteiger partial charge in [0.25, 0.3) is 0 Å². The highest BCUT2D eigenvalue weighted by Crippen LogP contribution is 2.18. The molecular formula is C11H14N2O. The molecule has 0 aromatic heterocycles. The van der Waals surface area contributed by atoms with Gasteiger partial charge in [-0.1, -0.05) is 18.2 Å². The fourth-order valence-electron chi connectivity index (χ4n) is 1.94. The minimum Gasteiger partial charge on any atom is -0.369 e. The summed E-state index contributed by atoms with van der Waals surface area (Å²) in [4.78, 5) is 10.9. The number of primary amides is 1. The number of benzene rings is 1. The van der Waals surface area contributed by atoms with Crippen LogP contribution < -0.4 is 11.1 Å². The van der Waals surface area contributed by atoms with E-state index in [9.17, 15) is 4.79 Å². The number of amides is 1. The lowest BCUT2D eigenvalue weighted by Crippen LogP contribution is -2.26. The lowest BCUT2D eigenvalue weighted by atomic mass is 9.94. The lowest BCUT2D eigenvalue weighted by Gasteiger charge is -2.19. The Kier molecular flexibility index (Phi) is 2.50. The summed E-state index contributed by atoms with van der Waals surface area (Å²) in [6, 6.07) is 6.11. The van der Waals surface area contributed by atoms with E-state index in [0.29, 0.717) is 6.42 Å². The van der Waals surface area contributed by atoms with Crippen molar-refractivity contribution in [1.82, 2.24) is 5.32 Å². The molecule has 1 heterocycles. The highest BCUT2D eigenvalue weighted by atomic mass is 16.1. The fourth-order valence-corrected chi connectivity index (χ4v) is 1.94. The molecule has 0 saturated carbocycles. The molecule has 0 fully saturated rings. The van der Waals surface area contributed by atoms with Crippen LogP contribution in [-0.4, -0.2) is 12.5 Å². The van der Waals surface area contributed by atoms with Crippen molar-refractivity contribution in [3.8, 4) is 0 Å². The maximum Gasteiger partial charge on any atom is 0.221 e. The minimum atomic E-state index is -0.260. The van der Waals surface area contributed by atoms with E-state index in [0.717, 1.165) is 25.1 Å². The number of hydrogen-bond acceptors (Lipinski definition) is 2. The molecule has 0 saturated heterocycles. The predicted octanol–water partition coefficient (Wildman–Crippen LogP) is 0.360. The van der Waals surface area contributed by atoms with Crippen molar-refractivity contribution >= 4 is 5.91 Å². The summed E-state index contributed by atoms with van der Waals surface area (Å²) < 4.78 is 0. The van der Waals surface area contributed by atoms with Crippen molar-refractivity contribution in [3.63, 3.8) is 0 Å². The molecule has 3 heteroatoms. The second-order valence-electron chi connectivity index (χ2n) is 3.62. The predicted molar refractivity (Wildman–Crippen MR) is 54.8 cm³/mol. The maximum absolute atomic E-state index is 10.9. The third-order valence-corrected chi connectivity index (χ3v) is 2.61. The van der Waals surface area contributed by atoms with Crippen molar-refractivity contribution < 1.29 is 4.79 Å². The molecule has 1 aliphatic rings. The summed E-state index contributed by atoms with van der Waals surface area (Å²) in [5.74, 6) is -0.260. The Bertz CT molecular complexity index is 360. The molecule has 1 aliphatic heterocycles. The Morgan fingerprint density at radius 2 is 2.36 bits per heavy atom. The van der Waals surface area contributed by atoms with Crippen molar-refractivity contribution in [3.05, 3.63) is 34.9 Å². The first kappa shape index (κ1) is 9.21. The Hall–Kier alpha value is -1.35. The third kappa shape index (κ3) is 1.77. The van der Waals surface area contributed by atoms with Crippen LogP contribution in [-0.2, 0) is 24.2 Å². The van der Waals surface area contributed by atoms with Crippen molar-refractivity contribution in [2.24, 2.45) is 5.73 Å². The van der Waals surface area contributed by atoms with Crippen LogP contribution in [0.4, 0.5) is 0 Å². The van der Waals surface area contributed by atoms with Gasteiger partial charge in [-0.25, -0.2) is 0 Å². The molecule has 0 unspecified atom stereocenters. The molecule has 3 nitrogen and oxygen atoms in total. The minimum absolute atomic E-state index is 0.260. The molecule has 0 bridgehead atoms. The number of carbonyl (C=O) groups is 1. The summed E-state index contributed by atoms with van der Waals surface area (Å²) >= 11 is 0. The van der Waals surface area contributed by atoms with Crippen LogP contribution in [0.15, 0.2) is 18.2 Å². The van der Waals surface area contributed by atoms with Crippen LogP contribution in [0.5, 0.6) is 0 Å². The largest absolute Gasteiger partial charge is 0.369 e. The number of nitrogens with one attached hydrogen (secondary N) is 1. The van der Waals surface area contributed by atoms with Gasteiger partial charge < -0.3 is 11.1 Å².